The van der Waals surface area contributed by atoms with E-state index in [0.717, 1.165) is 18.2 Å². The van der Waals surface area contributed by atoms with Gasteiger partial charge in [0.25, 0.3) is 11.5 Å². The van der Waals surface area contributed by atoms with Crippen LogP contribution in [0.4, 0.5) is 5.95 Å². The summed E-state index contributed by atoms with van der Waals surface area (Å²) in [6, 6.07) is 6.90. The minimum Gasteiger partial charge on any atom is -0.481 e. The molecule has 0 amide bonds. The van der Waals surface area contributed by atoms with Crippen LogP contribution in [0, 0.1) is 6.92 Å². The van der Waals surface area contributed by atoms with E-state index < -0.39 is 5.97 Å². The molecule has 1 aromatic carbocycles. The number of benzene rings is 1. The van der Waals surface area contributed by atoms with Gasteiger partial charge in [0.1, 0.15) is 0 Å². The van der Waals surface area contributed by atoms with Crippen LogP contribution in [0.3, 0.4) is 0 Å². The van der Waals surface area contributed by atoms with Crippen LogP contribution in [-0.2, 0) is 4.79 Å². The molecule has 126 valence electrons. The van der Waals surface area contributed by atoms with Gasteiger partial charge in [0.2, 0.25) is 12.7 Å². The summed E-state index contributed by atoms with van der Waals surface area (Å²) in [4.78, 5) is 26.9. The van der Waals surface area contributed by atoms with E-state index in [4.69, 9.17) is 19.4 Å². The molecule has 2 aromatic rings. The van der Waals surface area contributed by atoms with E-state index in [0.29, 0.717) is 17.4 Å². The Morgan fingerprint density at radius 2 is 2.08 bits per heavy atom. The van der Waals surface area contributed by atoms with E-state index in [2.05, 4.69) is 20.5 Å². The molecule has 3 N–H and O–H groups in total. The fraction of sp³-hybridized carbons (Fsp3) is 0.200. The molecule has 0 fully saturated rings. The number of aliphatic carboxylic acids is 1. The molecular weight excluding hydrogens is 316 g/mol. The van der Waals surface area contributed by atoms with E-state index in [1.807, 2.05) is 18.2 Å². The number of carbonyl (C=O) groups is 1. The van der Waals surface area contributed by atoms with Crippen molar-refractivity contribution in [2.45, 2.75) is 13.8 Å². The number of hydrogen-bond donors (Lipinski definition) is 3. The normalized spacial score (nSPS) is 11.8. The Kier molecular flexibility index (Phi) is 5.50. The summed E-state index contributed by atoms with van der Waals surface area (Å²) in [7, 11) is 0. The molecule has 0 radical (unpaired) electrons. The summed E-state index contributed by atoms with van der Waals surface area (Å²) in [5.74, 6) is 0.878. The van der Waals surface area contributed by atoms with E-state index in [-0.39, 0.29) is 12.4 Å². The van der Waals surface area contributed by atoms with Crippen LogP contribution in [-0.4, -0.2) is 34.1 Å². The molecule has 24 heavy (non-hydrogen) atoms. The number of rotatable bonds is 3. The molecule has 0 saturated heterocycles. The fourth-order valence-electron chi connectivity index (χ4n) is 1.79. The van der Waals surface area contributed by atoms with Crippen molar-refractivity contribution in [1.82, 2.24) is 9.97 Å². The summed E-state index contributed by atoms with van der Waals surface area (Å²) in [5, 5.41) is 11.4. The van der Waals surface area contributed by atoms with E-state index in [1.165, 1.54) is 6.07 Å². The molecule has 0 bridgehead atoms. The second kappa shape index (κ2) is 7.77. The Bertz CT molecular complexity index is 812. The van der Waals surface area contributed by atoms with Gasteiger partial charge in [-0.05, 0) is 30.7 Å². The smallest absolute Gasteiger partial charge is 0.300 e. The van der Waals surface area contributed by atoms with Crippen molar-refractivity contribution < 1.29 is 19.4 Å². The average molecular weight is 332 g/mol. The Morgan fingerprint density at radius 3 is 2.79 bits per heavy atom. The minimum atomic E-state index is -0.833. The summed E-state index contributed by atoms with van der Waals surface area (Å²) in [6.45, 7) is 3.06. The zero-order valence-corrected chi connectivity index (χ0v) is 13.1. The van der Waals surface area contributed by atoms with Gasteiger partial charge in [0, 0.05) is 18.7 Å². The average Bonchev–Trinajstić information content (AvgIpc) is 2.93. The number of ether oxygens (including phenoxy) is 2. The van der Waals surface area contributed by atoms with Crippen LogP contribution in [0.5, 0.6) is 11.5 Å². The molecule has 0 atom stereocenters. The van der Waals surface area contributed by atoms with Gasteiger partial charge < -0.3 is 14.6 Å². The monoisotopic (exact) mass is 332 g/mol. The highest BCUT2D eigenvalue weighted by atomic mass is 16.7. The first-order valence-electron chi connectivity index (χ1n) is 6.90. The minimum absolute atomic E-state index is 0.224. The third kappa shape index (κ3) is 5.13. The molecule has 2 heterocycles. The zero-order valence-electron chi connectivity index (χ0n) is 13.1. The van der Waals surface area contributed by atoms with Gasteiger partial charge in [-0.15, -0.1) is 0 Å². The predicted octanol–water partition coefficient (Wildman–Crippen LogP) is 1.34. The number of hydrogen-bond acceptors (Lipinski definition) is 7. The first kappa shape index (κ1) is 17.0. The fourth-order valence-corrected chi connectivity index (χ4v) is 1.79. The van der Waals surface area contributed by atoms with Gasteiger partial charge in [-0.2, -0.15) is 5.10 Å². The Morgan fingerprint density at radius 1 is 1.38 bits per heavy atom. The number of H-pyrrole nitrogens is 1. The number of aromatic nitrogens is 2. The first-order chi connectivity index (χ1) is 11.4. The highest BCUT2D eigenvalue weighted by Crippen LogP contribution is 2.31. The number of nitrogens with one attached hydrogen (secondary N) is 2. The van der Waals surface area contributed by atoms with Gasteiger partial charge in [-0.3, -0.25) is 14.6 Å². The summed E-state index contributed by atoms with van der Waals surface area (Å²) in [6.07, 6.45) is 1.60. The third-order valence-corrected chi connectivity index (χ3v) is 2.65. The summed E-state index contributed by atoms with van der Waals surface area (Å²) >= 11 is 0. The van der Waals surface area contributed by atoms with Crippen LogP contribution in [0.15, 0.2) is 34.2 Å². The number of aryl methyl sites for hydroxylation is 1. The lowest BCUT2D eigenvalue weighted by Gasteiger charge is -2.00. The Hall–Kier alpha value is -3.36. The molecular formula is C15H16N4O5. The lowest BCUT2D eigenvalue weighted by atomic mass is 10.2. The van der Waals surface area contributed by atoms with Crippen LogP contribution in [0.25, 0.3) is 0 Å². The predicted molar refractivity (Wildman–Crippen MR) is 86.7 cm³/mol. The number of carboxylic acid groups (broad SMARTS) is 1. The number of carboxylic acids is 1. The largest absolute Gasteiger partial charge is 0.481 e. The second-order valence-electron chi connectivity index (χ2n) is 4.74. The molecule has 0 aliphatic carbocycles. The molecule has 9 heteroatoms. The third-order valence-electron chi connectivity index (χ3n) is 2.65. The van der Waals surface area contributed by atoms with Crippen LogP contribution >= 0.6 is 0 Å². The van der Waals surface area contributed by atoms with Crippen molar-refractivity contribution in [1.29, 1.82) is 0 Å². The molecule has 1 aliphatic rings. The Balaban J connectivity index is 0.000000471. The topological polar surface area (TPSA) is 126 Å². The van der Waals surface area contributed by atoms with Gasteiger partial charge in [-0.1, -0.05) is 0 Å². The van der Waals surface area contributed by atoms with Gasteiger partial charge in [0.05, 0.1) is 6.21 Å². The van der Waals surface area contributed by atoms with Crippen molar-refractivity contribution in [3.05, 3.63) is 45.9 Å². The number of hydrazone groups is 1. The van der Waals surface area contributed by atoms with Crippen molar-refractivity contribution in [2.75, 3.05) is 12.2 Å². The van der Waals surface area contributed by atoms with Crippen molar-refractivity contribution >= 4 is 18.1 Å². The molecule has 1 aliphatic heterocycles. The lowest BCUT2D eigenvalue weighted by molar-refractivity contribution is -0.134. The Labute approximate surface area is 137 Å². The highest BCUT2D eigenvalue weighted by Gasteiger charge is 2.12. The van der Waals surface area contributed by atoms with Crippen LogP contribution in [0.1, 0.15) is 18.2 Å². The van der Waals surface area contributed by atoms with Gasteiger partial charge >= 0.3 is 0 Å². The molecule has 3 rings (SSSR count). The molecule has 9 nitrogen and oxygen atoms in total. The molecule has 0 unspecified atom stereocenters. The summed E-state index contributed by atoms with van der Waals surface area (Å²) < 4.78 is 10.5. The number of fused-ring (bicyclic) bond motifs is 1. The number of aromatic amines is 1. The maximum Gasteiger partial charge on any atom is 0.300 e. The maximum atomic E-state index is 11.3. The zero-order chi connectivity index (χ0) is 17.5. The molecule has 0 spiro atoms. The van der Waals surface area contributed by atoms with Crippen molar-refractivity contribution in [2.24, 2.45) is 5.10 Å². The van der Waals surface area contributed by atoms with E-state index in [1.54, 1.807) is 13.1 Å². The summed E-state index contributed by atoms with van der Waals surface area (Å²) in [5.41, 5.74) is 3.91. The quantitative estimate of drug-likeness (QED) is 0.572. The van der Waals surface area contributed by atoms with Crippen LogP contribution < -0.4 is 20.5 Å². The molecule has 1 aromatic heterocycles. The lowest BCUT2D eigenvalue weighted by Crippen LogP contribution is -2.10. The first-order valence-corrected chi connectivity index (χ1v) is 6.90. The van der Waals surface area contributed by atoms with Gasteiger partial charge in [-0.25, -0.2) is 10.4 Å². The standard InChI is InChI=1S/C13H12N4O3.C2H4O2/c1-8-4-12(18)16-13(15-8)17-14-6-9-2-3-10-11(5-9)20-7-19-10;1-2(3)4/h2-6H,7H2,1H3,(H2,15,16,17,18);1H3,(H,3,4). The SMILES string of the molecule is CC(=O)O.Cc1cc(=O)[nH]c(NN=Cc2ccc3c(c2)OCO3)n1. The van der Waals surface area contributed by atoms with Gasteiger partial charge in [0.15, 0.2) is 11.5 Å². The highest BCUT2D eigenvalue weighted by molar-refractivity contribution is 5.81. The number of anilines is 1. The van der Waals surface area contributed by atoms with Crippen molar-refractivity contribution in [3.8, 4) is 11.5 Å². The van der Waals surface area contributed by atoms with Crippen LogP contribution in [0.2, 0.25) is 0 Å². The van der Waals surface area contributed by atoms with Crippen molar-refractivity contribution in [3.63, 3.8) is 0 Å². The second-order valence-corrected chi connectivity index (χ2v) is 4.74. The van der Waals surface area contributed by atoms with E-state index in [9.17, 15) is 4.79 Å². The van der Waals surface area contributed by atoms with E-state index >= 15 is 0 Å². The maximum absolute atomic E-state index is 11.3. The molecule has 0 saturated carbocycles. The number of nitrogens with zero attached hydrogens (tertiary/aromatic N) is 2.